The summed E-state index contributed by atoms with van der Waals surface area (Å²) in [6.45, 7) is 0.168. The summed E-state index contributed by atoms with van der Waals surface area (Å²) in [7, 11) is 0. The molecule has 2 aliphatic rings. The summed E-state index contributed by atoms with van der Waals surface area (Å²) >= 11 is 0. The van der Waals surface area contributed by atoms with Crippen LogP contribution in [0.15, 0.2) is 21.9 Å². The van der Waals surface area contributed by atoms with Crippen molar-refractivity contribution in [3.63, 3.8) is 0 Å². The second-order valence-corrected chi connectivity index (χ2v) is 6.50. The minimum absolute atomic E-state index is 0.114. The van der Waals surface area contributed by atoms with Crippen molar-refractivity contribution < 1.29 is 28.9 Å². The molecule has 0 radical (unpaired) electrons. The number of amides is 1. The van der Waals surface area contributed by atoms with Gasteiger partial charge < -0.3 is 30.3 Å². The molecule has 2 aliphatic heterocycles. The molecule has 1 aromatic rings. The topological polar surface area (TPSA) is 155 Å². The molecule has 0 spiro atoms. The van der Waals surface area contributed by atoms with E-state index in [1.807, 2.05) is 4.98 Å². The first-order valence-corrected chi connectivity index (χ1v) is 8.48. The standard InChI is InChI=1S/C15H21FN4O7/c16-15(7-26-14(25)18-6-8-2-1-4-17-8)11(23)10(22)12(27-15)20-5-3-9(21)19-13(20)24/h3,5,8,10-12,17,22-23H,1-2,4,6-7H2,(H,18,25)(H,19,21,24)/t8?,10-,11+,12-,15-/m1/s1. The zero-order chi connectivity index (χ0) is 19.6. The first-order valence-electron chi connectivity index (χ1n) is 8.48. The summed E-state index contributed by atoms with van der Waals surface area (Å²) in [5, 5.41) is 25.6. The number of carbonyl (C=O) groups excluding carboxylic acids is 1. The van der Waals surface area contributed by atoms with Gasteiger partial charge in [-0.3, -0.25) is 14.3 Å². The van der Waals surface area contributed by atoms with Gasteiger partial charge in [0.2, 0.25) is 0 Å². The van der Waals surface area contributed by atoms with E-state index in [0.29, 0.717) is 6.54 Å². The van der Waals surface area contributed by atoms with E-state index in [2.05, 4.69) is 10.6 Å². The smallest absolute Gasteiger partial charge is 0.407 e. The lowest BCUT2D eigenvalue weighted by molar-refractivity contribution is -0.207. The Bertz CT molecular complexity index is 793. The fraction of sp³-hybridized carbons (Fsp3) is 0.667. The molecule has 12 heteroatoms. The molecule has 1 aromatic heterocycles. The summed E-state index contributed by atoms with van der Waals surface area (Å²) in [6.07, 6.45) is -3.52. The lowest BCUT2D eigenvalue weighted by atomic mass is 10.1. The van der Waals surface area contributed by atoms with Gasteiger partial charge in [-0.05, 0) is 19.4 Å². The van der Waals surface area contributed by atoms with Crippen LogP contribution in [-0.4, -0.2) is 69.7 Å². The summed E-state index contributed by atoms with van der Waals surface area (Å²) in [4.78, 5) is 36.5. The van der Waals surface area contributed by atoms with Gasteiger partial charge in [0, 0.05) is 24.8 Å². The van der Waals surface area contributed by atoms with Crippen molar-refractivity contribution in [2.24, 2.45) is 0 Å². The highest BCUT2D eigenvalue weighted by Crippen LogP contribution is 2.37. The van der Waals surface area contributed by atoms with Crippen molar-refractivity contribution in [3.8, 4) is 0 Å². The van der Waals surface area contributed by atoms with Gasteiger partial charge in [-0.15, -0.1) is 0 Å². The highest BCUT2D eigenvalue weighted by Gasteiger charge is 2.57. The van der Waals surface area contributed by atoms with E-state index >= 15 is 0 Å². The molecule has 11 nitrogen and oxygen atoms in total. The molecule has 5 atom stereocenters. The Morgan fingerprint density at radius 2 is 2.26 bits per heavy atom. The number of nitrogens with zero attached hydrogens (tertiary/aromatic N) is 1. The average Bonchev–Trinajstić information content (AvgIpc) is 3.22. The number of hydrogen-bond acceptors (Lipinski definition) is 8. The Balaban J connectivity index is 1.60. The molecule has 3 rings (SSSR count). The first-order chi connectivity index (χ1) is 12.8. The molecular formula is C15H21FN4O7. The van der Waals surface area contributed by atoms with Crippen LogP contribution in [0.5, 0.6) is 0 Å². The number of aliphatic hydroxyl groups is 2. The monoisotopic (exact) mass is 388 g/mol. The van der Waals surface area contributed by atoms with E-state index in [1.54, 1.807) is 0 Å². The second kappa shape index (κ2) is 7.76. The summed E-state index contributed by atoms with van der Waals surface area (Å²) in [5.41, 5.74) is -1.64. The third-order valence-electron chi connectivity index (χ3n) is 4.55. The van der Waals surface area contributed by atoms with E-state index in [0.717, 1.165) is 36.2 Å². The Morgan fingerprint density at radius 1 is 1.48 bits per heavy atom. The fourth-order valence-corrected chi connectivity index (χ4v) is 3.07. The number of H-pyrrole nitrogens is 1. The maximum atomic E-state index is 14.9. The number of aromatic nitrogens is 2. The number of carbonyl (C=O) groups is 1. The van der Waals surface area contributed by atoms with Gasteiger partial charge in [0.15, 0.2) is 12.8 Å². The van der Waals surface area contributed by atoms with Gasteiger partial charge in [0.05, 0.1) is 0 Å². The van der Waals surface area contributed by atoms with Crippen LogP contribution >= 0.6 is 0 Å². The van der Waals surface area contributed by atoms with Crippen LogP contribution < -0.4 is 21.9 Å². The van der Waals surface area contributed by atoms with Crippen LogP contribution in [0.25, 0.3) is 0 Å². The van der Waals surface area contributed by atoms with Crippen molar-refractivity contribution in [1.82, 2.24) is 20.2 Å². The third kappa shape index (κ3) is 4.18. The molecule has 27 heavy (non-hydrogen) atoms. The number of halogens is 1. The third-order valence-corrected chi connectivity index (χ3v) is 4.55. The van der Waals surface area contributed by atoms with Crippen molar-refractivity contribution in [3.05, 3.63) is 33.1 Å². The summed E-state index contributed by atoms with van der Waals surface area (Å²) in [6, 6.07) is 1.09. The number of aliphatic hydroxyl groups excluding tert-OH is 2. The minimum Gasteiger partial charge on any atom is -0.443 e. The van der Waals surface area contributed by atoms with Gasteiger partial charge in [-0.25, -0.2) is 14.0 Å². The van der Waals surface area contributed by atoms with Crippen molar-refractivity contribution in [2.75, 3.05) is 19.7 Å². The maximum Gasteiger partial charge on any atom is 0.407 e. The molecule has 0 bridgehead atoms. The molecule has 2 saturated heterocycles. The number of nitrogens with one attached hydrogen (secondary N) is 3. The van der Waals surface area contributed by atoms with E-state index in [-0.39, 0.29) is 6.04 Å². The molecule has 0 aromatic carbocycles. The Hall–Kier alpha value is -2.28. The Labute approximate surface area is 152 Å². The maximum absolute atomic E-state index is 14.9. The Kier molecular flexibility index (Phi) is 5.60. The van der Waals surface area contributed by atoms with Gasteiger partial charge >= 0.3 is 11.8 Å². The lowest BCUT2D eigenvalue weighted by Crippen LogP contribution is -2.45. The molecule has 1 unspecified atom stereocenters. The molecule has 150 valence electrons. The van der Waals surface area contributed by atoms with E-state index < -0.39 is 48.2 Å². The first kappa shape index (κ1) is 19.5. The minimum atomic E-state index is -2.93. The molecule has 3 heterocycles. The van der Waals surface area contributed by atoms with Crippen LogP contribution in [0.3, 0.4) is 0 Å². The zero-order valence-corrected chi connectivity index (χ0v) is 14.3. The zero-order valence-electron chi connectivity index (χ0n) is 14.3. The van der Waals surface area contributed by atoms with Crippen LogP contribution in [0, 0.1) is 0 Å². The number of alkyl carbamates (subject to hydrolysis) is 1. The van der Waals surface area contributed by atoms with E-state index in [4.69, 9.17) is 9.47 Å². The highest BCUT2D eigenvalue weighted by atomic mass is 19.2. The average molecular weight is 388 g/mol. The van der Waals surface area contributed by atoms with Crippen molar-refractivity contribution in [1.29, 1.82) is 0 Å². The highest BCUT2D eigenvalue weighted by molar-refractivity contribution is 5.67. The fourth-order valence-electron chi connectivity index (χ4n) is 3.07. The quantitative estimate of drug-likeness (QED) is 0.385. The van der Waals surface area contributed by atoms with Gasteiger partial charge in [-0.2, -0.15) is 0 Å². The van der Waals surface area contributed by atoms with Crippen LogP contribution in [0.1, 0.15) is 19.1 Å². The van der Waals surface area contributed by atoms with E-state index in [9.17, 15) is 29.0 Å². The van der Waals surface area contributed by atoms with E-state index in [1.165, 1.54) is 0 Å². The summed E-state index contributed by atoms with van der Waals surface area (Å²) in [5.74, 6) is -2.93. The van der Waals surface area contributed by atoms with Crippen molar-refractivity contribution in [2.45, 2.75) is 43.2 Å². The van der Waals surface area contributed by atoms with Crippen LogP contribution in [-0.2, 0) is 9.47 Å². The normalized spacial score (nSPS) is 33.1. The van der Waals surface area contributed by atoms with Crippen molar-refractivity contribution >= 4 is 6.09 Å². The molecular weight excluding hydrogens is 367 g/mol. The molecule has 2 fully saturated rings. The second-order valence-electron chi connectivity index (χ2n) is 6.50. The lowest BCUT2D eigenvalue weighted by Gasteiger charge is -2.23. The predicted molar refractivity (Wildman–Crippen MR) is 87.7 cm³/mol. The van der Waals surface area contributed by atoms with Gasteiger partial charge in [0.25, 0.3) is 11.4 Å². The number of aromatic amines is 1. The molecule has 1 amide bonds. The number of rotatable bonds is 5. The van der Waals surface area contributed by atoms with Gasteiger partial charge in [0.1, 0.15) is 12.2 Å². The SMILES string of the molecule is O=C(NCC1CCCN1)OC[C@@]1(F)O[C@@H](n2ccc(=O)[nH]c2=O)[C@H](O)[C@@H]1O. The molecule has 0 saturated carbocycles. The Morgan fingerprint density at radius 3 is 2.93 bits per heavy atom. The largest absolute Gasteiger partial charge is 0.443 e. The van der Waals surface area contributed by atoms with Gasteiger partial charge in [-0.1, -0.05) is 0 Å². The van der Waals surface area contributed by atoms with Crippen LogP contribution in [0.4, 0.5) is 9.18 Å². The summed E-state index contributed by atoms with van der Waals surface area (Å²) < 4.78 is 25.3. The number of alkyl halides is 1. The number of hydrogen-bond donors (Lipinski definition) is 5. The molecule has 0 aliphatic carbocycles. The predicted octanol–water partition coefficient (Wildman–Crippen LogP) is -2.07. The van der Waals surface area contributed by atoms with Crippen LogP contribution in [0.2, 0.25) is 0 Å². The number of ether oxygens (including phenoxy) is 2. The molecule has 5 N–H and O–H groups in total.